The summed E-state index contributed by atoms with van der Waals surface area (Å²) in [6, 6.07) is 3.99. The predicted octanol–water partition coefficient (Wildman–Crippen LogP) is 2.18. The Morgan fingerprint density at radius 3 is 3.08 bits per heavy atom. The highest BCUT2D eigenvalue weighted by Gasteiger charge is 2.02. The summed E-state index contributed by atoms with van der Waals surface area (Å²) in [5, 5.41) is 7.93. The third-order valence-electron chi connectivity index (χ3n) is 1.71. The van der Waals surface area contributed by atoms with Crippen LogP contribution in [0.5, 0.6) is 5.75 Å². The number of halogens is 1. The number of fused-ring (bicyclic) bond motifs is 1. The molecular weight excluding hydrogens is 267 g/mol. The molecule has 0 saturated heterocycles. The SMILES string of the molecule is COc1cc2[nH]ncc2cc1I. The van der Waals surface area contributed by atoms with E-state index in [1.807, 2.05) is 12.1 Å². The van der Waals surface area contributed by atoms with Crippen LogP contribution in [-0.2, 0) is 0 Å². The molecule has 2 aromatic rings. The number of nitrogens with one attached hydrogen (secondary N) is 1. The number of hydrogen-bond donors (Lipinski definition) is 1. The van der Waals surface area contributed by atoms with Gasteiger partial charge < -0.3 is 4.74 Å². The first-order chi connectivity index (χ1) is 5.81. The molecule has 0 fully saturated rings. The van der Waals surface area contributed by atoms with Gasteiger partial charge in [0.05, 0.1) is 22.4 Å². The zero-order chi connectivity index (χ0) is 8.55. The molecule has 0 atom stereocenters. The fourth-order valence-corrected chi connectivity index (χ4v) is 1.81. The molecule has 0 amide bonds. The lowest BCUT2D eigenvalue weighted by Gasteiger charge is -2.01. The summed E-state index contributed by atoms with van der Waals surface area (Å²) >= 11 is 2.24. The van der Waals surface area contributed by atoms with Gasteiger partial charge in [0.15, 0.2) is 0 Å². The van der Waals surface area contributed by atoms with Crippen molar-refractivity contribution in [3.05, 3.63) is 21.9 Å². The molecule has 1 aromatic heterocycles. The highest BCUT2D eigenvalue weighted by atomic mass is 127. The van der Waals surface area contributed by atoms with E-state index >= 15 is 0 Å². The van der Waals surface area contributed by atoms with E-state index in [4.69, 9.17) is 4.74 Å². The van der Waals surface area contributed by atoms with Crippen LogP contribution in [-0.4, -0.2) is 17.3 Å². The zero-order valence-electron chi connectivity index (χ0n) is 6.47. The molecule has 0 unspecified atom stereocenters. The van der Waals surface area contributed by atoms with Gasteiger partial charge in [0.25, 0.3) is 0 Å². The van der Waals surface area contributed by atoms with Crippen LogP contribution in [0.3, 0.4) is 0 Å². The van der Waals surface area contributed by atoms with E-state index in [9.17, 15) is 0 Å². The summed E-state index contributed by atoms with van der Waals surface area (Å²) in [5.74, 6) is 0.882. The van der Waals surface area contributed by atoms with E-state index < -0.39 is 0 Å². The summed E-state index contributed by atoms with van der Waals surface area (Å²) < 4.78 is 6.27. The van der Waals surface area contributed by atoms with Gasteiger partial charge in [-0.1, -0.05) is 0 Å². The lowest BCUT2D eigenvalue weighted by Crippen LogP contribution is -1.85. The molecule has 1 N–H and O–H groups in total. The van der Waals surface area contributed by atoms with Gasteiger partial charge in [0.2, 0.25) is 0 Å². The van der Waals surface area contributed by atoms with Crippen molar-refractivity contribution < 1.29 is 4.74 Å². The van der Waals surface area contributed by atoms with Gasteiger partial charge in [-0.3, -0.25) is 5.10 Å². The van der Waals surface area contributed by atoms with E-state index in [1.54, 1.807) is 13.3 Å². The maximum absolute atomic E-state index is 5.17. The highest BCUT2D eigenvalue weighted by Crippen LogP contribution is 2.25. The van der Waals surface area contributed by atoms with Crippen LogP contribution < -0.4 is 4.74 Å². The Labute approximate surface area is 83.3 Å². The molecule has 1 aromatic carbocycles. The second kappa shape index (κ2) is 2.93. The molecule has 0 aliphatic carbocycles. The van der Waals surface area contributed by atoms with Crippen molar-refractivity contribution in [3.8, 4) is 5.75 Å². The monoisotopic (exact) mass is 274 g/mol. The van der Waals surface area contributed by atoms with Gasteiger partial charge in [-0.15, -0.1) is 0 Å². The molecule has 0 saturated carbocycles. The number of benzene rings is 1. The summed E-state index contributed by atoms with van der Waals surface area (Å²) in [4.78, 5) is 0. The number of methoxy groups -OCH3 is 1. The number of hydrogen-bond acceptors (Lipinski definition) is 2. The van der Waals surface area contributed by atoms with Crippen LogP contribution >= 0.6 is 22.6 Å². The van der Waals surface area contributed by atoms with Crippen LogP contribution in [0.15, 0.2) is 18.3 Å². The van der Waals surface area contributed by atoms with E-state index in [-0.39, 0.29) is 0 Å². The van der Waals surface area contributed by atoms with Gasteiger partial charge in [0.1, 0.15) is 5.75 Å². The Bertz CT molecular complexity index is 410. The molecule has 0 bridgehead atoms. The molecule has 0 spiro atoms. The Balaban J connectivity index is 2.73. The molecule has 0 aliphatic heterocycles. The molecule has 4 heteroatoms. The van der Waals surface area contributed by atoms with Crippen LogP contribution in [0.2, 0.25) is 0 Å². The van der Waals surface area contributed by atoms with Gasteiger partial charge in [-0.25, -0.2) is 0 Å². The van der Waals surface area contributed by atoms with Gasteiger partial charge in [0, 0.05) is 11.5 Å². The number of aromatic nitrogens is 2. The van der Waals surface area contributed by atoms with E-state index in [2.05, 4.69) is 32.8 Å². The van der Waals surface area contributed by atoms with Gasteiger partial charge in [-0.05, 0) is 28.7 Å². The van der Waals surface area contributed by atoms with Crippen molar-refractivity contribution in [2.75, 3.05) is 7.11 Å². The van der Waals surface area contributed by atoms with Crippen LogP contribution in [0.4, 0.5) is 0 Å². The van der Waals surface area contributed by atoms with Crippen molar-refractivity contribution in [1.29, 1.82) is 0 Å². The van der Waals surface area contributed by atoms with Crippen LogP contribution in [0.1, 0.15) is 0 Å². The molecule has 2 rings (SSSR count). The van der Waals surface area contributed by atoms with E-state index in [0.717, 1.165) is 20.2 Å². The molecule has 62 valence electrons. The molecule has 12 heavy (non-hydrogen) atoms. The molecular formula is C8H7IN2O. The molecule has 0 aliphatic rings. The van der Waals surface area contributed by atoms with Gasteiger partial charge >= 0.3 is 0 Å². The predicted molar refractivity (Wildman–Crippen MR) is 55.4 cm³/mol. The number of ether oxygens (including phenoxy) is 1. The van der Waals surface area contributed by atoms with Crippen molar-refractivity contribution >= 4 is 33.5 Å². The fourth-order valence-electron chi connectivity index (χ4n) is 1.10. The maximum atomic E-state index is 5.17. The first-order valence-corrected chi connectivity index (χ1v) is 4.56. The number of rotatable bonds is 1. The first kappa shape index (κ1) is 7.85. The van der Waals surface area contributed by atoms with Crippen LogP contribution in [0.25, 0.3) is 10.9 Å². The Morgan fingerprint density at radius 2 is 2.33 bits per heavy atom. The zero-order valence-corrected chi connectivity index (χ0v) is 8.62. The molecule has 3 nitrogen and oxygen atoms in total. The quantitative estimate of drug-likeness (QED) is 0.809. The molecule has 0 radical (unpaired) electrons. The summed E-state index contributed by atoms with van der Waals surface area (Å²) in [6.07, 6.45) is 1.80. The Hall–Kier alpha value is -0.780. The highest BCUT2D eigenvalue weighted by molar-refractivity contribution is 14.1. The van der Waals surface area contributed by atoms with E-state index in [0.29, 0.717) is 0 Å². The number of aromatic amines is 1. The van der Waals surface area contributed by atoms with Crippen molar-refractivity contribution in [3.63, 3.8) is 0 Å². The average Bonchev–Trinajstić information content (AvgIpc) is 2.49. The number of nitrogens with zero attached hydrogens (tertiary/aromatic N) is 1. The third kappa shape index (κ3) is 1.16. The molecule has 1 heterocycles. The minimum atomic E-state index is 0.882. The summed E-state index contributed by atoms with van der Waals surface area (Å²) in [7, 11) is 1.67. The first-order valence-electron chi connectivity index (χ1n) is 3.48. The third-order valence-corrected chi connectivity index (χ3v) is 2.56. The van der Waals surface area contributed by atoms with Crippen molar-refractivity contribution in [2.45, 2.75) is 0 Å². The lowest BCUT2D eigenvalue weighted by molar-refractivity contribution is 0.412. The van der Waals surface area contributed by atoms with Gasteiger partial charge in [-0.2, -0.15) is 5.10 Å². The van der Waals surface area contributed by atoms with Crippen molar-refractivity contribution in [1.82, 2.24) is 10.2 Å². The lowest BCUT2D eigenvalue weighted by atomic mass is 10.2. The number of H-pyrrole nitrogens is 1. The smallest absolute Gasteiger partial charge is 0.134 e. The largest absolute Gasteiger partial charge is 0.496 e. The summed E-state index contributed by atoms with van der Waals surface area (Å²) in [6.45, 7) is 0. The maximum Gasteiger partial charge on any atom is 0.134 e. The topological polar surface area (TPSA) is 37.9 Å². The normalized spacial score (nSPS) is 10.5. The Morgan fingerprint density at radius 1 is 1.50 bits per heavy atom. The minimum absolute atomic E-state index is 0.882. The minimum Gasteiger partial charge on any atom is -0.496 e. The van der Waals surface area contributed by atoms with E-state index in [1.165, 1.54) is 0 Å². The average molecular weight is 274 g/mol. The second-order valence-electron chi connectivity index (χ2n) is 2.44. The van der Waals surface area contributed by atoms with Crippen LogP contribution in [0, 0.1) is 3.57 Å². The second-order valence-corrected chi connectivity index (χ2v) is 3.61. The Kier molecular flexibility index (Phi) is 1.92. The standard InChI is InChI=1S/C8H7IN2O/c1-12-8-3-7-5(2-6(8)9)4-10-11-7/h2-4H,1H3,(H,10,11). The fraction of sp³-hybridized carbons (Fsp3) is 0.125. The summed E-state index contributed by atoms with van der Waals surface area (Å²) in [5.41, 5.74) is 1.01. The van der Waals surface area contributed by atoms with Crippen molar-refractivity contribution in [2.24, 2.45) is 0 Å².